The molecular formula is C19H28N4O. The third-order valence-electron chi connectivity index (χ3n) is 5.18. The highest BCUT2D eigenvalue weighted by atomic mass is 16.2. The molecule has 0 bridgehead atoms. The van der Waals surface area contributed by atoms with Crippen LogP contribution >= 0.6 is 0 Å². The number of hydrogen-bond donors (Lipinski definition) is 1. The summed E-state index contributed by atoms with van der Waals surface area (Å²) in [5, 5.41) is 3.26. The van der Waals surface area contributed by atoms with Gasteiger partial charge in [-0.25, -0.2) is 0 Å². The maximum Gasteiger partial charge on any atom is 0.242 e. The van der Waals surface area contributed by atoms with Crippen LogP contribution in [0.4, 0.5) is 0 Å². The highest BCUT2D eigenvalue weighted by Crippen LogP contribution is 2.18. The monoisotopic (exact) mass is 328 g/mol. The largest absolute Gasteiger partial charge is 0.347 e. The van der Waals surface area contributed by atoms with Gasteiger partial charge in [0.15, 0.2) is 5.96 Å². The van der Waals surface area contributed by atoms with Crippen LogP contribution in [-0.4, -0.2) is 54.9 Å². The molecular weight excluding hydrogens is 300 g/mol. The average molecular weight is 328 g/mol. The molecule has 0 radical (unpaired) electrons. The number of guanidine groups is 1. The molecule has 0 saturated carbocycles. The van der Waals surface area contributed by atoms with E-state index in [1.54, 1.807) is 7.05 Å². The first-order chi connectivity index (χ1) is 11.7. The van der Waals surface area contributed by atoms with E-state index in [4.69, 9.17) is 0 Å². The van der Waals surface area contributed by atoms with Gasteiger partial charge in [-0.1, -0.05) is 31.2 Å². The van der Waals surface area contributed by atoms with E-state index in [-0.39, 0.29) is 5.91 Å². The number of carbonyl (C=O) groups excluding carboxylic acids is 1. The zero-order chi connectivity index (χ0) is 16.9. The zero-order valence-electron chi connectivity index (χ0n) is 14.8. The summed E-state index contributed by atoms with van der Waals surface area (Å²) in [7, 11) is 1.79. The molecule has 130 valence electrons. The molecule has 2 heterocycles. The molecule has 1 N–H and O–H groups in total. The van der Waals surface area contributed by atoms with Crippen LogP contribution in [0.3, 0.4) is 0 Å². The number of aliphatic imine (C=N–C) groups is 1. The predicted molar refractivity (Wildman–Crippen MR) is 96.9 cm³/mol. The Balaban J connectivity index is 1.52. The maximum atomic E-state index is 12.6. The summed E-state index contributed by atoms with van der Waals surface area (Å²) in [6.07, 6.45) is 3.33. The SMILES string of the molecule is CN=C(NCC(=O)N1CCc2ccccc2C1)N1CCC(C)CC1. The number of carbonyl (C=O) groups is 1. The minimum absolute atomic E-state index is 0.149. The Morgan fingerprint density at radius 1 is 1.17 bits per heavy atom. The van der Waals surface area contributed by atoms with Gasteiger partial charge in [0.05, 0.1) is 6.54 Å². The molecule has 5 nitrogen and oxygen atoms in total. The topological polar surface area (TPSA) is 47.9 Å². The van der Waals surface area contributed by atoms with E-state index in [0.29, 0.717) is 6.54 Å². The van der Waals surface area contributed by atoms with Gasteiger partial charge < -0.3 is 15.1 Å². The molecule has 3 rings (SSSR count). The Morgan fingerprint density at radius 3 is 2.58 bits per heavy atom. The lowest BCUT2D eigenvalue weighted by Gasteiger charge is -2.33. The number of nitrogens with one attached hydrogen (secondary N) is 1. The van der Waals surface area contributed by atoms with E-state index in [1.165, 1.54) is 24.0 Å². The number of piperidine rings is 1. The number of amides is 1. The lowest BCUT2D eigenvalue weighted by molar-refractivity contribution is -0.130. The molecule has 0 aliphatic carbocycles. The summed E-state index contributed by atoms with van der Waals surface area (Å²) >= 11 is 0. The molecule has 2 aliphatic heterocycles. The Bertz CT molecular complexity index is 605. The summed E-state index contributed by atoms with van der Waals surface area (Å²) < 4.78 is 0. The highest BCUT2D eigenvalue weighted by Gasteiger charge is 2.22. The van der Waals surface area contributed by atoms with Gasteiger partial charge in [-0.15, -0.1) is 0 Å². The number of likely N-dealkylation sites (tertiary alicyclic amines) is 1. The zero-order valence-corrected chi connectivity index (χ0v) is 14.8. The smallest absolute Gasteiger partial charge is 0.242 e. The Hall–Kier alpha value is -2.04. The normalized spacial score (nSPS) is 19.2. The van der Waals surface area contributed by atoms with Gasteiger partial charge in [0.1, 0.15) is 0 Å². The van der Waals surface area contributed by atoms with E-state index in [2.05, 4.69) is 40.3 Å². The van der Waals surface area contributed by atoms with Crippen molar-refractivity contribution in [3.05, 3.63) is 35.4 Å². The summed E-state index contributed by atoms with van der Waals surface area (Å²) in [6, 6.07) is 8.40. The molecule has 1 amide bonds. The van der Waals surface area contributed by atoms with E-state index < -0.39 is 0 Å². The van der Waals surface area contributed by atoms with Crippen molar-refractivity contribution < 1.29 is 4.79 Å². The van der Waals surface area contributed by atoms with Gasteiger partial charge in [-0.05, 0) is 36.3 Å². The van der Waals surface area contributed by atoms with Gasteiger partial charge in [-0.2, -0.15) is 0 Å². The van der Waals surface area contributed by atoms with Crippen molar-refractivity contribution in [2.45, 2.75) is 32.7 Å². The minimum atomic E-state index is 0.149. The Morgan fingerprint density at radius 2 is 1.88 bits per heavy atom. The van der Waals surface area contributed by atoms with Gasteiger partial charge in [0.2, 0.25) is 5.91 Å². The van der Waals surface area contributed by atoms with Crippen LogP contribution in [0.2, 0.25) is 0 Å². The minimum Gasteiger partial charge on any atom is -0.347 e. The summed E-state index contributed by atoms with van der Waals surface area (Å²) in [6.45, 7) is 6.18. The fourth-order valence-electron chi connectivity index (χ4n) is 3.53. The van der Waals surface area contributed by atoms with Crippen LogP contribution in [-0.2, 0) is 17.8 Å². The number of fused-ring (bicyclic) bond motifs is 1. The average Bonchev–Trinajstić information content (AvgIpc) is 2.63. The quantitative estimate of drug-likeness (QED) is 0.666. The number of rotatable bonds is 2. The Kier molecular flexibility index (Phi) is 5.38. The van der Waals surface area contributed by atoms with Crippen molar-refractivity contribution in [2.24, 2.45) is 10.9 Å². The van der Waals surface area contributed by atoms with Gasteiger partial charge in [-0.3, -0.25) is 9.79 Å². The second-order valence-corrected chi connectivity index (χ2v) is 6.90. The lowest BCUT2D eigenvalue weighted by Crippen LogP contribution is -2.49. The lowest BCUT2D eigenvalue weighted by atomic mass is 9.99. The van der Waals surface area contributed by atoms with Crippen molar-refractivity contribution >= 4 is 11.9 Å². The first-order valence-electron chi connectivity index (χ1n) is 8.97. The molecule has 1 aromatic rings. The molecule has 0 unspecified atom stereocenters. The highest BCUT2D eigenvalue weighted by molar-refractivity contribution is 5.86. The molecule has 2 aliphatic rings. The van der Waals surface area contributed by atoms with Gasteiger partial charge in [0.25, 0.3) is 0 Å². The molecule has 24 heavy (non-hydrogen) atoms. The van der Waals surface area contributed by atoms with E-state index in [1.807, 2.05) is 11.0 Å². The first kappa shape index (κ1) is 16.8. The standard InChI is InChI=1S/C19H28N4O/c1-15-7-10-22(11-8-15)19(20-2)21-13-18(24)23-12-9-16-5-3-4-6-17(16)14-23/h3-6,15H,7-14H2,1-2H3,(H,20,21). The fraction of sp³-hybridized carbons (Fsp3) is 0.579. The van der Waals surface area contributed by atoms with Gasteiger partial charge in [0, 0.05) is 33.2 Å². The summed E-state index contributed by atoms with van der Waals surface area (Å²) in [4.78, 5) is 21.1. The van der Waals surface area contributed by atoms with Crippen LogP contribution in [0.5, 0.6) is 0 Å². The van der Waals surface area contributed by atoms with Crippen molar-refractivity contribution in [3.63, 3.8) is 0 Å². The van der Waals surface area contributed by atoms with E-state index in [9.17, 15) is 4.79 Å². The molecule has 0 atom stereocenters. The fourth-order valence-corrected chi connectivity index (χ4v) is 3.53. The molecule has 5 heteroatoms. The maximum absolute atomic E-state index is 12.6. The predicted octanol–water partition coefficient (Wildman–Crippen LogP) is 1.88. The van der Waals surface area contributed by atoms with Crippen molar-refractivity contribution in [1.82, 2.24) is 15.1 Å². The Labute approximate surface area is 144 Å². The second kappa shape index (κ2) is 7.69. The summed E-state index contributed by atoms with van der Waals surface area (Å²) in [5.41, 5.74) is 2.64. The molecule has 1 fully saturated rings. The van der Waals surface area contributed by atoms with Crippen LogP contribution in [0.1, 0.15) is 30.9 Å². The third kappa shape index (κ3) is 3.89. The van der Waals surface area contributed by atoms with Crippen molar-refractivity contribution in [1.29, 1.82) is 0 Å². The van der Waals surface area contributed by atoms with Crippen LogP contribution in [0.15, 0.2) is 29.3 Å². The molecule has 0 spiro atoms. The summed E-state index contributed by atoms with van der Waals surface area (Å²) in [5.74, 6) is 1.79. The first-order valence-corrected chi connectivity index (χ1v) is 8.97. The second-order valence-electron chi connectivity index (χ2n) is 6.90. The number of benzene rings is 1. The van der Waals surface area contributed by atoms with Gasteiger partial charge >= 0.3 is 0 Å². The van der Waals surface area contributed by atoms with Crippen molar-refractivity contribution in [2.75, 3.05) is 33.2 Å². The van der Waals surface area contributed by atoms with Crippen LogP contribution in [0.25, 0.3) is 0 Å². The van der Waals surface area contributed by atoms with E-state index >= 15 is 0 Å². The van der Waals surface area contributed by atoms with Crippen molar-refractivity contribution in [3.8, 4) is 0 Å². The molecule has 1 saturated heterocycles. The van der Waals surface area contributed by atoms with Crippen LogP contribution in [0, 0.1) is 5.92 Å². The number of nitrogens with zero attached hydrogens (tertiary/aromatic N) is 3. The van der Waals surface area contributed by atoms with E-state index in [0.717, 1.165) is 44.5 Å². The third-order valence-corrected chi connectivity index (χ3v) is 5.18. The molecule has 0 aromatic heterocycles. The molecule has 1 aromatic carbocycles. The van der Waals surface area contributed by atoms with Crippen LogP contribution < -0.4 is 5.32 Å². The number of hydrogen-bond acceptors (Lipinski definition) is 2.